The van der Waals surface area contributed by atoms with Gasteiger partial charge in [-0.05, 0) is 11.6 Å². The van der Waals surface area contributed by atoms with E-state index >= 15 is 0 Å². The average Bonchev–Trinajstić information content (AvgIpc) is 2.53. The van der Waals surface area contributed by atoms with Gasteiger partial charge in [-0.1, -0.05) is 35.5 Å². The molecule has 4 N–H and O–H groups in total. The zero-order chi connectivity index (χ0) is 14.4. The van der Waals surface area contributed by atoms with Crippen LogP contribution >= 0.6 is 0 Å². The van der Waals surface area contributed by atoms with Crippen molar-refractivity contribution in [2.45, 2.75) is 6.04 Å². The number of carbonyl (C=O) groups excluding carboxylic acids is 1. The summed E-state index contributed by atoms with van der Waals surface area (Å²) >= 11 is 0. The van der Waals surface area contributed by atoms with Crippen LogP contribution in [0.5, 0.6) is 0 Å². The van der Waals surface area contributed by atoms with E-state index in [0.717, 1.165) is 0 Å². The molecule has 2 aromatic rings. The number of nitrogens with one attached hydrogen (secondary N) is 1. The quantitative estimate of drug-likeness (QED) is 0.328. The first-order chi connectivity index (χ1) is 9.72. The van der Waals surface area contributed by atoms with Gasteiger partial charge in [0.1, 0.15) is 6.04 Å². The first kappa shape index (κ1) is 13.5. The first-order valence-corrected chi connectivity index (χ1v) is 5.82. The van der Waals surface area contributed by atoms with Gasteiger partial charge in [0.25, 0.3) is 5.91 Å². The molecule has 0 aliphatic rings. The second kappa shape index (κ2) is 6.28. The Kier molecular flexibility index (Phi) is 4.23. The molecule has 1 unspecified atom stereocenters. The number of benzene rings is 1. The van der Waals surface area contributed by atoms with Crippen molar-refractivity contribution < 1.29 is 10.0 Å². The Morgan fingerprint density at radius 3 is 2.60 bits per heavy atom. The monoisotopic (exact) mass is 271 g/mol. The van der Waals surface area contributed by atoms with E-state index in [9.17, 15) is 4.79 Å². The highest BCUT2D eigenvalue weighted by Crippen LogP contribution is 2.13. The smallest absolute Gasteiger partial charge is 0.253 e. The Morgan fingerprint density at radius 1 is 1.25 bits per heavy atom. The van der Waals surface area contributed by atoms with E-state index in [2.05, 4.69) is 20.7 Å². The molecule has 20 heavy (non-hydrogen) atoms. The number of aromatic nitrogens is 2. The van der Waals surface area contributed by atoms with Gasteiger partial charge in [0.05, 0.1) is 18.0 Å². The lowest BCUT2D eigenvalue weighted by molar-refractivity contribution is 0.0945. The van der Waals surface area contributed by atoms with Gasteiger partial charge in [-0.3, -0.25) is 4.79 Å². The topological polar surface area (TPSA) is 113 Å². The summed E-state index contributed by atoms with van der Waals surface area (Å²) < 4.78 is 0. The minimum Gasteiger partial charge on any atom is -0.409 e. The van der Waals surface area contributed by atoms with Crippen LogP contribution < -0.4 is 11.1 Å². The lowest BCUT2D eigenvalue weighted by Gasteiger charge is -2.17. The highest BCUT2D eigenvalue weighted by Gasteiger charge is 2.19. The Bertz CT molecular complexity index is 601. The van der Waals surface area contributed by atoms with Crippen LogP contribution in [-0.4, -0.2) is 27.1 Å². The zero-order valence-corrected chi connectivity index (χ0v) is 10.5. The van der Waals surface area contributed by atoms with Crippen LogP contribution in [0.25, 0.3) is 0 Å². The molecule has 0 spiro atoms. The number of amidine groups is 1. The summed E-state index contributed by atoms with van der Waals surface area (Å²) in [6.07, 6.45) is 2.75. The van der Waals surface area contributed by atoms with Gasteiger partial charge in [-0.2, -0.15) is 10.2 Å². The fraction of sp³-hybridized carbons (Fsp3) is 0.0769. The van der Waals surface area contributed by atoms with Gasteiger partial charge in [0.2, 0.25) is 0 Å². The van der Waals surface area contributed by atoms with Crippen molar-refractivity contribution in [3.8, 4) is 0 Å². The number of amides is 1. The van der Waals surface area contributed by atoms with E-state index in [1.807, 2.05) is 6.07 Å². The van der Waals surface area contributed by atoms with Gasteiger partial charge in [0.15, 0.2) is 5.84 Å². The molecule has 1 amide bonds. The number of nitrogens with zero attached hydrogens (tertiary/aromatic N) is 3. The normalized spacial score (nSPS) is 12.7. The third-order valence-electron chi connectivity index (χ3n) is 2.67. The Morgan fingerprint density at radius 2 is 2.00 bits per heavy atom. The van der Waals surface area contributed by atoms with Crippen molar-refractivity contribution in [2.24, 2.45) is 10.9 Å². The molecule has 0 radical (unpaired) electrons. The van der Waals surface area contributed by atoms with Gasteiger partial charge in [-0.15, -0.1) is 0 Å². The number of hydrogen-bond donors (Lipinski definition) is 3. The molecule has 1 heterocycles. The maximum absolute atomic E-state index is 12.1. The lowest BCUT2D eigenvalue weighted by atomic mass is 10.1. The van der Waals surface area contributed by atoms with Gasteiger partial charge in [-0.25, -0.2) is 0 Å². The van der Waals surface area contributed by atoms with Crippen molar-refractivity contribution in [2.75, 3.05) is 0 Å². The Hall–Kier alpha value is -2.96. The summed E-state index contributed by atoms with van der Waals surface area (Å²) in [4.78, 5) is 12.1. The van der Waals surface area contributed by atoms with Crippen molar-refractivity contribution in [3.05, 3.63) is 59.9 Å². The molecule has 7 heteroatoms. The number of nitrogens with two attached hydrogens (primary N) is 1. The highest BCUT2D eigenvalue weighted by molar-refractivity contribution is 5.98. The molecule has 0 fully saturated rings. The second-order valence-electron chi connectivity index (χ2n) is 3.97. The van der Waals surface area contributed by atoms with Crippen LogP contribution in [0.4, 0.5) is 0 Å². The summed E-state index contributed by atoms with van der Waals surface area (Å²) in [7, 11) is 0. The summed E-state index contributed by atoms with van der Waals surface area (Å²) in [5.41, 5.74) is 6.68. The Balaban J connectivity index is 2.24. The third kappa shape index (κ3) is 3.08. The van der Waals surface area contributed by atoms with Gasteiger partial charge < -0.3 is 16.3 Å². The predicted octanol–water partition coefficient (Wildman–Crippen LogP) is 0.694. The minimum absolute atomic E-state index is 0.105. The first-order valence-electron chi connectivity index (χ1n) is 5.82. The van der Waals surface area contributed by atoms with E-state index < -0.39 is 6.04 Å². The van der Waals surface area contributed by atoms with Crippen molar-refractivity contribution in [1.29, 1.82) is 0 Å². The standard InChI is InChI=1S/C13H13N5O2/c14-12(18-20)11(9-4-2-1-3-5-9)17-13(19)10-6-7-15-16-8-10/h1-8,11,20H,(H2,14,18)(H,17,19). The average molecular weight is 271 g/mol. The van der Waals surface area contributed by atoms with Crippen molar-refractivity contribution >= 4 is 11.7 Å². The molecule has 0 saturated carbocycles. The third-order valence-corrected chi connectivity index (χ3v) is 2.67. The lowest BCUT2D eigenvalue weighted by Crippen LogP contribution is -2.37. The van der Waals surface area contributed by atoms with E-state index in [1.165, 1.54) is 18.5 Å². The van der Waals surface area contributed by atoms with E-state index in [1.54, 1.807) is 24.3 Å². The van der Waals surface area contributed by atoms with Crippen LogP contribution in [0, 0.1) is 0 Å². The van der Waals surface area contributed by atoms with E-state index in [-0.39, 0.29) is 11.7 Å². The van der Waals surface area contributed by atoms with Crippen LogP contribution in [0.2, 0.25) is 0 Å². The molecule has 102 valence electrons. The van der Waals surface area contributed by atoms with Crippen molar-refractivity contribution in [1.82, 2.24) is 15.5 Å². The maximum Gasteiger partial charge on any atom is 0.253 e. The molecule has 0 bridgehead atoms. The molecule has 0 aliphatic heterocycles. The molecule has 1 atom stereocenters. The van der Waals surface area contributed by atoms with Gasteiger partial charge >= 0.3 is 0 Å². The SMILES string of the molecule is N/C(=N/O)C(NC(=O)c1ccnnc1)c1ccccc1. The molecule has 2 rings (SSSR count). The van der Waals surface area contributed by atoms with Crippen LogP contribution in [0.15, 0.2) is 53.9 Å². The van der Waals surface area contributed by atoms with Crippen molar-refractivity contribution in [3.63, 3.8) is 0 Å². The summed E-state index contributed by atoms with van der Waals surface area (Å²) in [5.74, 6) is -0.494. The van der Waals surface area contributed by atoms with Gasteiger partial charge in [0, 0.05) is 0 Å². The predicted molar refractivity (Wildman–Crippen MR) is 72.1 cm³/mol. The Labute approximate surface area is 115 Å². The summed E-state index contributed by atoms with van der Waals surface area (Å²) in [6.45, 7) is 0. The molecule has 0 aliphatic carbocycles. The number of rotatable bonds is 4. The maximum atomic E-state index is 12.1. The molecule has 1 aromatic heterocycles. The molecular formula is C13H13N5O2. The molecular weight excluding hydrogens is 258 g/mol. The zero-order valence-electron chi connectivity index (χ0n) is 10.5. The minimum atomic E-state index is -0.720. The second-order valence-corrected chi connectivity index (χ2v) is 3.97. The fourth-order valence-electron chi connectivity index (χ4n) is 1.67. The van der Waals surface area contributed by atoms with Crippen LogP contribution in [-0.2, 0) is 0 Å². The number of oxime groups is 1. The fourth-order valence-corrected chi connectivity index (χ4v) is 1.67. The van der Waals surface area contributed by atoms with Crippen LogP contribution in [0.3, 0.4) is 0 Å². The highest BCUT2D eigenvalue weighted by atomic mass is 16.4. The van der Waals surface area contributed by atoms with Crippen LogP contribution in [0.1, 0.15) is 22.0 Å². The molecule has 0 saturated heterocycles. The van der Waals surface area contributed by atoms with E-state index in [0.29, 0.717) is 11.1 Å². The van der Waals surface area contributed by atoms with E-state index in [4.69, 9.17) is 10.9 Å². The number of carbonyl (C=O) groups is 1. The number of hydrogen-bond acceptors (Lipinski definition) is 5. The summed E-state index contributed by atoms with van der Waals surface area (Å²) in [6, 6.07) is 9.78. The summed E-state index contributed by atoms with van der Waals surface area (Å²) in [5, 5.41) is 21.7. The molecule has 1 aromatic carbocycles. The largest absolute Gasteiger partial charge is 0.409 e. The molecule has 7 nitrogen and oxygen atoms in total.